The first-order chi connectivity index (χ1) is 9.08. The topological polar surface area (TPSA) is 66.3 Å². The molecule has 0 saturated carbocycles. The van der Waals surface area contributed by atoms with Crippen molar-refractivity contribution >= 4 is 11.8 Å². The van der Waals surface area contributed by atoms with Crippen molar-refractivity contribution in [2.75, 3.05) is 18.0 Å². The van der Waals surface area contributed by atoms with Crippen molar-refractivity contribution in [1.82, 2.24) is 9.97 Å². The molecule has 2 atom stereocenters. The minimum atomic E-state index is -0.708. The molecule has 0 spiro atoms. The third kappa shape index (κ3) is 3.43. The van der Waals surface area contributed by atoms with Gasteiger partial charge < -0.3 is 10.0 Å². The van der Waals surface area contributed by atoms with E-state index in [2.05, 4.69) is 14.9 Å². The van der Waals surface area contributed by atoms with Gasteiger partial charge in [0, 0.05) is 31.9 Å². The van der Waals surface area contributed by atoms with Crippen LogP contribution in [0.15, 0.2) is 12.4 Å². The number of rotatable bonds is 4. The molecule has 0 radical (unpaired) electrons. The number of anilines is 1. The minimum absolute atomic E-state index is 0.206. The Kier molecular flexibility index (Phi) is 4.35. The summed E-state index contributed by atoms with van der Waals surface area (Å²) < 4.78 is 0. The average molecular weight is 263 g/mol. The molecule has 5 heteroatoms. The van der Waals surface area contributed by atoms with Crippen LogP contribution in [-0.2, 0) is 4.79 Å². The zero-order valence-corrected chi connectivity index (χ0v) is 11.5. The standard InChI is InChI=1S/C14H21N3O2/c1-10(8-13(18)19)12-4-3-7-17(9-12)14-11(2)15-5-6-16-14/h5-6,10,12H,3-4,7-9H2,1-2H3,(H,18,19). The second-order valence-corrected chi connectivity index (χ2v) is 5.39. The normalized spacial score (nSPS) is 21.2. The molecule has 19 heavy (non-hydrogen) atoms. The lowest BCUT2D eigenvalue weighted by atomic mass is 9.84. The van der Waals surface area contributed by atoms with Crippen molar-refractivity contribution in [3.8, 4) is 0 Å². The molecule has 2 rings (SSSR count). The summed E-state index contributed by atoms with van der Waals surface area (Å²) in [5, 5.41) is 8.91. The molecule has 0 aliphatic carbocycles. The predicted octanol–water partition coefficient (Wildman–Crippen LogP) is 2.11. The van der Waals surface area contributed by atoms with Crippen molar-refractivity contribution < 1.29 is 9.90 Å². The number of carbonyl (C=O) groups is 1. The van der Waals surface area contributed by atoms with Gasteiger partial charge in [0.05, 0.1) is 5.69 Å². The second-order valence-electron chi connectivity index (χ2n) is 5.39. The van der Waals surface area contributed by atoms with Crippen LogP contribution in [0.1, 0.15) is 31.9 Å². The van der Waals surface area contributed by atoms with Crippen LogP contribution in [0.4, 0.5) is 5.82 Å². The first-order valence-corrected chi connectivity index (χ1v) is 6.82. The fraction of sp³-hybridized carbons (Fsp3) is 0.643. The number of aromatic nitrogens is 2. The van der Waals surface area contributed by atoms with E-state index < -0.39 is 5.97 Å². The highest BCUT2D eigenvalue weighted by atomic mass is 16.4. The fourth-order valence-corrected chi connectivity index (χ4v) is 2.82. The zero-order chi connectivity index (χ0) is 13.8. The van der Waals surface area contributed by atoms with Crippen LogP contribution >= 0.6 is 0 Å². The van der Waals surface area contributed by atoms with Crippen LogP contribution in [0.5, 0.6) is 0 Å². The molecule has 1 aliphatic heterocycles. The van der Waals surface area contributed by atoms with Crippen molar-refractivity contribution in [2.24, 2.45) is 11.8 Å². The number of nitrogens with zero attached hydrogens (tertiary/aromatic N) is 3. The van der Waals surface area contributed by atoms with Gasteiger partial charge in [-0.3, -0.25) is 9.78 Å². The number of piperidine rings is 1. The van der Waals surface area contributed by atoms with Crippen LogP contribution < -0.4 is 4.90 Å². The third-order valence-corrected chi connectivity index (χ3v) is 3.91. The Morgan fingerprint density at radius 2 is 2.26 bits per heavy atom. The maximum atomic E-state index is 10.8. The predicted molar refractivity (Wildman–Crippen MR) is 73.1 cm³/mol. The smallest absolute Gasteiger partial charge is 0.303 e. The van der Waals surface area contributed by atoms with E-state index in [9.17, 15) is 4.79 Å². The van der Waals surface area contributed by atoms with Crippen LogP contribution in [0.3, 0.4) is 0 Å². The molecule has 104 valence electrons. The molecule has 1 fully saturated rings. The second kappa shape index (κ2) is 5.99. The molecule has 1 aliphatic rings. The lowest BCUT2D eigenvalue weighted by Crippen LogP contribution is -2.39. The summed E-state index contributed by atoms with van der Waals surface area (Å²) >= 11 is 0. The Hall–Kier alpha value is -1.65. The van der Waals surface area contributed by atoms with E-state index in [-0.39, 0.29) is 12.3 Å². The van der Waals surface area contributed by atoms with Gasteiger partial charge in [-0.15, -0.1) is 0 Å². The van der Waals surface area contributed by atoms with Gasteiger partial charge in [-0.1, -0.05) is 6.92 Å². The van der Waals surface area contributed by atoms with Crippen molar-refractivity contribution in [2.45, 2.75) is 33.1 Å². The maximum absolute atomic E-state index is 10.8. The lowest BCUT2D eigenvalue weighted by Gasteiger charge is -2.36. The largest absolute Gasteiger partial charge is 0.481 e. The van der Waals surface area contributed by atoms with Crippen molar-refractivity contribution in [1.29, 1.82) is 0 Å². The Morgan fingerprint density at radius 3 is 2.95 bits per heavy atom. The number of carboxylic acid groups (broad SMARTS) is 1. The van der Waals surface area contributed by atoms with Gasteiger partial charge in [-0.25, -0.2) is 4.98 Å². The molecule has 2 unspecified atom stereocenters. The molecule has 0 bridgehead atoms. The summed E-state index contributed by atoms with van der Waals surface area (Å²) in [6.07, 6.45) is 5.85. The molecule has 1 saturated heterocycles. The van der Waals surface area contributed by atoms with E-state index in [0.29, 0.717) is 5.92 Å². The average Bonchev–Trinajstić information content (AvgIpc) is 2.38. The Labute approximate surface area is 113 Å². The number of aryl methyl sites for hydroxylation is 1. The minimum Gasteiger partial charge on any atom is -0.481 e. The number of aliphatic carboxylic acids is 1. The summed E-state index contributed by atoms with van der Waals surface area (Å²) in [4.78, 5) is 21.7. The van der Waals surface area contributed by atoms with E-state index in [0.717, 1.165) is 37.4 Å². The maximum Gasteiger partial charge on any atom is 0.303 e. The van der Waals surface area contributed by atoms with E-state index in [1.165, 1.54) is 0 Å². The number of hydrogen-bond donors (Lipinski definition) is 1. The monoisotopic (exact) mass is 263 g/mol. The zero-order valence-electron chi connectivity index (χ0n) is 11.5. The molecule has 0 aromatic carbocycles. The van der Waals surface area contributed by atoms with E-state index in [1.54, 1.807) is 12.4 Å². The summed E-state index contributed by atoms with van der Waals surface area (Å²) in [5.74, 6) is 0.860. The van der Waals surface area contributed by atoms with Gasteiger partial charge in [-0.05, 0) is 31.6 Å². The Balaban J connectivity index is 2.05. The van der Waals surface area contributed by atoms with E-state index in [1.807, 2.05) is 13.8 Å². The summed E-state index contributed by atoms with van der Waals surface area (Å²) in [5.41, 5.74) is 0.939. The van der Waals surface area contributed by atoms with Gasteiger partial charge >= 0.3 is 5.97 Å². The highest BCUT2D eigenvalue weighted by Crippen LogP contribution is 2.29. The van der Waals surface area contributed by atoms with Gasteiger partial charge in [0.15, 0.2) is 0 Å². The molecule has 1 N–H and O–H groups in total. The quantitative estimate of drug-likeness (QED) is 0.901. The van der Waals surface area contributed by atoms with Crippen LogP contribution in [0.25, 0.3) is 0 Å². The molecule has 5 nitrogen and oxygen atoms in total. The van der Waals surface area contributed by atoms with Crippen molar-refractivity contribution in [3.05, 3.63) is 18.1 Å². The third-order valence-electron chi connectivity index (χ3n) is 3.91. The number of carboxylic acids is 1. The molecule has 2 heterocycles. The van der Waals surface area contributed by atoms with Gasteiger partial charge in [0.1, 0.15) is 5.82 Å². The SMILES string of the molecule is Cc1nccnc1N1CCCC(C(C)CC(=O)O)C1. The van der Waals surface area contributed by atoms with Gasteiger partial charge in [0.25, 0.3) is 0 Å². The molecular weight excluding hydrogens is 242 g/mol. The van der Waals surface area contributed by atoms with Crippen LogP contribution in [0, 0.1) is 18.8 Å². The fourth-order valence-electron chi connectivity index (χ4n) is 2.82. The summed E-state index contributed by atoms with van der Waals surface area (Å²) in [7, 11) is 0. The van der Waals surface area contributed by atoms with E-state index >= 15 is 0 Å². The molecule has 1 aromatic heterocycles. The molecule has 1 aromatic rings. The van der Waals surface area contributed by atoms with Crippen LogP contribution in [-0.4, -0.2) is 34.1 Å². The molecule has 0 amide bonds. The first kappa shape index (κ1) is 13.8. The highest BCUT2D eigenvalue weighted by Gasteiger charge is 2.27. The summed E-state index contributed by atoms with van der Waals surface area (Å²) in [6, 6.07) is 0. The first-order valence-electron chi connectivity index (χ1n) is 6.82. The summed E-state index contributed by atoms with van der Waals surface area (Å²) in [6.45, 7) is 5.86. The van der Waals surface area contributed by atoms with Gasteiger partial charge in [-0.2, -0.15) is 0 Å². The Morgan fingerprint density at radius 1 is 1.53 bits per heavy atom. The molecular formula is C14H21N3O2. The van der Waals surface area contributed by atoms with E-state index in [4.69, 9.17) is 5.11 Å². The van der Waals surface area contributed by atoms with Gasteiger partial charge in [0.2, 0.25) is 0 Å². The number of hydrogen-bond acceptors (Lipinski definition) is 4. The highest BCUT2D eigenvalue weighted by molar-refractivity contribution is 5.67. The lowest BCUT2D eigenvalue weighted by molar-refractivity contribution is -0.138. The van der Waals surface area contributed by atoms with Crippen molar-refractivity contribution in [3.63, 3.8) is 0 Å². The van der Waals surface area contributed by atoms with Crippen LogP contribution in [0.2, 0.25) is 0 Å². The Bertz CT molecular complexity index is 450.